The first-order valence-corrected chi connectivity index (χ1v) is 6.07. The van der Waals surface area contributed by atoms with Crippen molar-refractivity contribution >= 4 is 21.9 Å². The van der Waals surface area contributed by atoms with Crippen LogP contribution in [0.15, 0.2) is 34.9 Å². The van der Waals surface area contributed by atoms with Crippen molar-refractivity contribution < 1.29 is 14.3 Å². The van der Waals surface area contributed by atoms with Gasteiger partial charge in [0.1, 0.15) is 5.82 Å². The molecule has 1 N–H and O–H groups in total. The Morgan fingerprint density at radius 2 is 2.06 bits per heavy atom. The van der Waals surface area contributed by atoms with Gasteiger partial charge < -0.3 is 5.11 Å². The quantitative estimate of drug-likeness (QED) is 0.944. The van der Waals surface area contributed by atoms with Gasteiger partial charge in [-0.3, -0.25) is 4.79 Å². The largest absolute Gasteiger partial charge is 0.481 e. The van der Waals surface area contributed by atoms with Gasteiger partial charge in [0, 0.05) is 12.6 Å². The fourth-order valence-corrected chi connectivity index (χ4v) is 1.98. The molecular formula is C12H10BrFN2O2. The number of aromatic nitrogens is 2. The normalized spacial score (nSPS) is 10.6. The van der Waals surface area contributed by atoms with Crippen LogP contribution in [0.25, 0.3) is 5.69 Å². The Balaban J connectivity index is 2.22. The summed E-state index contributed by atoms with van der Waals surface area (Å²) in [5.74, 6) is -1.17. The molecule has 1 aromatic carbocycles. The molecule has 2 rings (SSSR count). The number of carboxylic acid groups (broad SMARTS) is 1. The second kappa shape index (κ2) is 5.30. The molecular weight excluding hydrogens is 303 g/mol. The standard InChI is InChI=1S/C12H10BrFN2O2/c13-10-7-16(9-3-1-8(14)2-4-9)15-11(10)5-6-12(17)18/h1-4,7H,5-6H2,(H,17,18). The molecule has 0 unspecified atom stereocenters. The first-order chi connectivity index (χ1) is 8.56. The molecule has 0 bridgehead atoms. The maximum atomic E-state index is 12.8. The number of carboxylic acids is 1. The van der Waals surface area contributed by atoms with Gasteiger partial charge >= 0.3 is 5.97 Å². The summed E-state index contributed by atoms with van der Waals surface area (Å²) in [4.78, 5) is 10.5. The number of aryl methyl sites for hydroxylation is 1. The third-order valence-electron chi connectivity index (χ3n) is 2.41. The van der Waals surface area contributed by atoms with Gasteiger partial charge in [0.2, 0.25) is 0 Å². The number of rotatable bonds is 4. The van der Waals surface area contributed by atoms with Crippen molar-refractivity contribution in [1.82, 2.24) is 9.78 Å². The van der Waals surface area contributed by atoms with Crippen molar-refractivity contribution in [2.75, 3.05) is 0 Å². The summed E-state index contributed by atoms with van der Waals surface area (Å²) in [7, 11) is 0. The van der Waals surface area contributed by atoms with Gasteiger partial charge in [0.25, 0.3) is 0 Å². The van der Waals surface area contributed by atoms with Gasteiger partial charge in [-0.2, -0.15) is 5.10 Å². The van der Waals surface area contributed by atoms with Crippen LogP contribution >= 0.6 is 15.9 Å². The third-order valence-corrected chi connectivity index (χ3v) is 3.07. The Bertz CT molecular complexity index is 566. The first kappa shape index (κ1) is 12.8. The van der Waals surface area contributed by atoms with Gasteiger partial charge in [-0.15, -0.1) is 0 Å². The summed E-state index contributed by atoms with van der Waals surface area (Å²) in [6.07, 6.45) is 2.10. The van der Waals surface area contributed by atoms with Gasteiger partial charge in [-0.05, 0) is 40.2 Å². The molecule has 6 heteroatoms. The third kappa shape index (κ3) is 2.95. The van der Waals surface area contributed by atoms with E-state index in [0.717, 1.165) is 10.2 Å². The Hall–Kier alpha value is -1.69. The van der Waals surface area contributed by atoms with Crippen LogP contribution in [0, 0.1) is 5.82 Å². The predicted molar refractivity (Wildman–Crippen MR) is 67.2 cm³/mol. The number of hydrogen-bond acceptors (Lipinski definition) is 2. The lowest BCUT2D eigenvalue weighted by atomic mass is 10.2. The number of carbonyl (C=O) groups is 1. The fourth-order valence-electron chi connectivity index (χ4n) is 1.51. The van der Waals surface area contributed by atoms with Crippen LogP contribution in [0.1, 0.15) is 12.1 Å². The summed E-state index contributed by atoms with van der Waals surface area (Å²) in [5, 5.41) is 12.9. The lowest BCUT2D eigenvalue weighted by Crippen LogP contribution is -2.00. The van der Waals surface area contributed by atoms with E-state index in [1.165, 1.54) is 12.1 Å². The maximum Gasteiger partial charge on any atom is 0.303 e. The van der Waals surface area contributed by atoms with Crippen molar-refractivity contribution in [3.05, 3.63) is 46.4 Å². The van der Waals surface area contributed by atoms with E-state index >= 15 is 0 Å². The molecule has 0 aliphatic heterocycles. The zero-order valence-corrected chi connectivity index (χ0v) is 10.9. The van der Waals surface area contributed by atoms with E-state index in [4.69, 9.17) is 5.11 Å². The van der Waals surface area contributed by atoms with Gasteiger partial charge in [0.15, 0.2) is 0 Å². The second-order valence-electron chi connectivity index (χ2n) is 3.74. The molecule has 94 valence electrons. The second-order valence-corrected chi connectivity index (χ2v) is 4.59. The molecule has 1 heterocycles. The van der Waals surface area contributed by atoms with E-state index in [0.29, 0.717) is 12.1 Å². The molecule has 0 aliphatic rings. The van der Waals surface area contributed by atoms with E-state index in [9.17, 15) is 9.18 Å². The van der Waals surface area contributed by atoms with Crippen LogP contribution in [0.2, 0.25) is 0 Å². The lowest BCUT2D eigenvalue weighted by molar-refractivity contribution is -0.136. The van der Waals surface area contributed by atoms with Crippen LogP contribution in [0.4, 0.5) is 4.39 Å². The molecule has 0 saturated carbocycles. The van der Waals surface area contributed by atoms with E-state index in [1.54, 1.807) is 23.0 Å². The highest BCUT2D eigenvalue weighted by atomic mass is 79.9. The highest BCUT2D eigenvalue weighted by Crippen LogP contribution is 2.19. The Labute approximate surface area is 111 Å². The minimum Gasteiger partial charge on any atom is -0.481 e. The van der Waals surface area contributed by atoms with Crippen LogP contribution in [-0.4, -0.2) is 20.9 Å². The number of hydrogen-bond donors (Lipinski definition) is 1. The van der Waals surface area contributed by atoms with Gasteiger partial charge in [-0.25, -0.2) is 9.07 Å². The summed E-state index contributed by atoms with van der Waals surface area (Å²) >= 11 is 3.33. The number of halogens is 2. The molecule has 0 atom stereocenters. The molecule has 0 amide bonds. The monoisotopic (exact) mass is 312 g/mol. The average Bonchev–Trinajstić information content (AvgIpc) is 2.69. The number of aliphatic carboxylic acids is 1. The summed E-state index contributed by atoms with van der Waals surface area (Å²) in [6, 6.07) is 5.91. The van der Waals surface area contributed by atoms with Crippen molar-refractivity contribution in [1.29, 1.82) is 0 Å². The number of benzene rings is 1. The summed E-state index contributed by atoms with van der Waals surface area (Å²) < 4.78 is 15.1. The molecule has 0 aliphatic carbocycles. The Kier molecular flexibility index (Phi) is 3.76. The minimum absolute atomic E-state index is 0.0268. The molecule has 0 spiro atoms. The summed E-state index contributed by atoms with van der Waals surface area (Å²) in [6.45, 7) is 0. The highest BCUT2D eigenvalue weighted by molar-refractivity contribution is 9.10. The Morgan fingerprint density at radius 3 is 2.67 bits per heavy atom. The molecule has 0 fully saturated rings. The van der Waals surface area contributed by atoms with Crippen molar-refractivity contribution in [3.63, 3.8) is 0 Å². The fraction of sp³-hybridized carbons (Fsp3) is 0.167. The molecule has 2 aromatic rings. The Morgan fingerprint density at radius 1 is 1.39 bits per heavy atom. The lowest BCUT2D eigenvalue weighted by Gasteiger charge is -2.00. The predicted octanol–water partition coefficient (Wildman–Crippen LogP) is 2.79. The van der Waals surface area contributed by atoms with Crippen molar-refractivity contribution in [2.24, 2.45) is 0 Å². The van der Waals surface area contributed by atoms with Crippen LogP contribution in [0.5, 0.6) is 0 Å². The van der Waals surface area contributed by atoms with E-state index in [2.05, 4.69) is 21.0 Å². The molecule has 4 nitrogen and oxygen atoms in total. The first-order valence-electron chi connectivity index (χ1n) is 5.28. The molecule has 0 radical (unpaired) electrons. The zero-order chi connectivity index (χ0) is 13.1. The average molecular weight is 313 g/mol. The van der Waals surface area contributed by atoms with E-state index in [1.807, 2.05) is 0 Å². The van der Waals surface area contributed by atoms with Gasteiger partial charge in [-0.1, -0.05) is 0 Å². The summed E-state index contributed by atoms with van der Waals surface area (Å²) in [5.41, 5.74) is 1.39. The highest BCUT2D eigenvalue weighted by Gasteiger charge is 2.09. The van der Waals surface area contributed by atoms with Crippen molar-refractivity contribution in [2.45, 2.75) is 12.8 Å². The van der Waals surface area contributed by atoms with Crippen LogP contribution < -0.4 is 0 Å². The molecule has 1 aromatic heterocycles. The zero-order valence-electron chi connectivity index (χ0n) is 9.31. The van der Waals surface area contributed by atoms with E-state index < -0.39 is 5.97 Å². The maximum absolute atomic E-state index is 12.8. The van der Waals surface area contributed by atoms with Crippen LogP contribution in [-0.2, 0) is 11.2 Å². The van der Waals surface area contributed by atoms with Crippen molar-refractivity contribution in [3.8, 4) is 5.69 Å². The molecule has 18 heavy (non-hydrogen) atoms. The number of nitrogens with zero attached hydrogens (tertiary/aromatic N) is 2. The van der Waals surface area contributed by atoms with E-state index in [-0.39, 0.29) is 12.2 Å². The van der Waals surface area contributed by atoms with Gasteiger partial charge in [0.05, 0.1) is 22.3 Å². The topological polar surface area (TPSA) is 55.1 Å². The minimum atomic E-state index is -0.863. The van der Waals surface area contributed by atoms with Crippen LogP contribution in [0.3, 0.4) is 0 Å². The molecule has 0 saturated heterocycles. The SMILES string of the molecule is O=C(O)CCc1nn(-c2ccc(F)cc2)cc1Br. The smallest absolute Gasteiger partial charge is 0.303 e.